The number of benzene rings is 4. The Labute approximate surface area is 147 Å². The van der Waals surface area contributed by atoms with Crippen molar-refractivity contribution in [3.63, 3.8) is 0 Å². The highest BCUT2D eigenvalue weighted by atomic mass is 16.7. The Kier molecular flexibility index (Phi) is 3.81. The van der Waals surface area contributed by atoms with E-state index in [0.29, 0.717) is 0 Å². The van der Waals surface area contributed by atoms with Crippen LogP contribution >= 0.6 is 0 Å². The van der Waals surface area contributed by atoms with E-state index < -0.39 is 5.79 Å². The van der Waals surface area contributed by atoms with Crippen LogP contribution in [-0.4, -0.2) is 5.79 Å². The van der Waals surface area contributed by atoms with Gasteiger partial charge < -0.3 is 9.47 Å². The molecule has 4 aromatic rings. The van der Waals surface area contributed by atoms with Gasteiger partial charge in [-0.15, -0.1) is 0 Å². The van der Waals surface area contributed by atoms with Gasteiger partial charge in [-0.25, -0.2) is 0 Å². The molecule has 2 nitrogen and oxygen atoms in total. The molecule has 0 aliphatic carbocycles. The van der Waals surface area contributed by atoms with Crippen LogP contribution in [0.2, 0.25) is 0 Å². The predicted octanol–water partition coefficient (Wildman–Crippen LogP) is 6.19. The highest BCUT2D eigenvalue weighted by Crippen LogP contribution is 2.32. The maximum Gasteiger partial charge on any atom is 0.245 e. The Hall–Kier alpha value is -3.00. The Morgan fingerprint density at radius 3 is 1.40 bits per heavy atom. The van der Waals surface area contributed by atoms with Crippen LogP contribution in [0.15, 0.2) is 84.9 Å². The molecular formula is C23H20O2. The largest absolute Gasteiger partial charge is 0.452 e. The van der Waals surface area contributed by atoms with E-state index in [1.165, 1.54) is 0 Å². The maximum absolute atomic E-state index is 6.25. The minimum atomic E-state index is -0.797. The fourth-order valence-corrected chi connectivity index (χ4v) is 3.12. The molecule has 0 saturated carbocycles. The SMILES string of the molecule is CC(C)(Oc1cccc2ccccc12)Oc1cccc2ccccc12. The molecule has 25 heavy (non-hydrogen) atoms. The summed E-state index contributed by atoms with van der Waals surface area (Å²) in [7, 11) is 0. The number of hydrogen-bond acceptors (Lipinski definition) is 2. The molecule has 0 spiro atoms. The highest BCUT2D eigenvalue weighted by molar-refractivity contribution is 5.89. The summed E-state index contributed by atoms with van der Waals surface area (Å²) in [6.45, 7) is 3.88. The van der Waals surface area contributed by atoms with Gasteiger partial charge in [-0.3, -0.25) is 0 Å². The molecule has 0 saturated heterocycles. The van der Waals surface area contributed by atoms with E-state index in [-0.39, 0.29) is 0 Å². The quantitative estimate of drug-likeness (QED) is 0.416. The van der Waals surface area contributed by atoms with Gasteiger partial charge in [0.25, 0.3) is 0 Å². The van der Waals surface area contributed by atoms with Gasteiger partial charge in [0, 0.05) is 24.6 Å². The Morgan fingerprint density at radius 2 is 0.920 bits per heavy atom. The van der Waals surface area contributed by atoms with Crippen LogP contribution in [0, 0.1) is 0 Å². The molecule has 0 radical (unpaired) electrons. The predicted molar refractivity (Wildman–Crippen MR) is 103 cm³/mol. The lowest BCUT2D eigenvalue weighted by Crippen LogP contribution is -2.35. The third-order valence-electron chi connectivity index (χ3n) is 4.21. The van der Waals surface area contributed by atoms with Crippen molar-refractivity contribution in [2.24, 2.45) is 0 Å². The normalized spacial score (nSPS) is 11.6. The van der Waals surface area contributed by atoms with Gasteiger partial charge in [0.1, 0.15) is 11.5 Å². The molecule has 2 heteroatoms. The van der Waals surface area contributed by atoms with E-state index in [1.54, 1.807) is 0 Å². The third-order valence-corrected chi connectivity index (χ3v) is 4.21. The molecular weight excluding hydrogens is 308 g/mol. The van der Waals surface area contributed by atoms with Crippen molar-refractivity contribution in [1.29, 1.82) is 0 Å². The van der Waals surface area contributed by atoms with Crippen LogP contribution in [-0.2, 0) is 0 Å². The summed E-state index contributed by atoms with van der Waals surface area (Å²) in [6, 6.07) is 28.6. The second-order valence-corrected chi connectivity index (χ2v) is 6.56. The summed E-state index contributed by atoms with van der Waals surface area (Å²) in [6.07, 6.45) is 0. The van der Waals surface area contributed by atoms with Crippen molar-refractivity contribution in [3.8, 4) is 11.5 Å². The second kappa shape index (κ2) is 6.14. The van der Waals surface area contributed by atoms with E-state index in [0.717, 1.165) is 33.0 Å². The minimum Gasteiger partial charge on any atom is -0.452 e. The lowest BCUT2D eigenvalue weighted by atomic mass is 10.1. The first kappa shape index (κ1) is 15.5. The molecule has 0 heterocycles. The average molecular weight is 328 g/mol. The number of fused-ring (bicyclic) bond motifs is 2. The molecule has 124 valence electrons. The van der Waals surface area contributed by atoms with Crippen LogP contribution in [0.3, 0.4) is 0 Å². The zero-order chi connectivity index (χ0) is 17.3. The zero-order valence-corrected chi connectivity index (χ0v) is 14.4. The van der Waals surface area contributed by atoms with Crippen LogP contribution in [0.1, 0.15) is 13.8 Å². The standard InChI is InChI=1S/C23H20O2/c1-23(2,24-21-15-7-11-17-9-3-5-13-19(17)21)25-22-16-8-12-18-10-4-6-14-20(18)22/h3-16H,1-2H3. The number of rotatable bonds is 4. The summed E-state index contributed by atoms with van der Waals surface area (Å²) in [5, 5.41) is 4.47. The summed E-state index contributed by atoms with van der Waals surface area (Å²) in [5.41, 5.74) is 0. The molecule has 4 aromatic carbocycles. The van der Waals surface area contributed by atoms with E-state index in [2.05, 4.69) is 36.4 Å². The van der Waals surface area contributed by atoms with Crippen molar-refractivity contribution >= 4 is 21.5 Å². The Bertz CT molecular complexity index is 940. The first-order valence-corrected chi connectivity index (χ1v) is 8.46. The summed E-state index contributed by atoms with van der Waals surface area (Å²) in [5.74, 6) is 0.848. The average Bonchev–Trinajstić information content (AvgIpc) is 2.62. The Balaban J connectivity index is 1.67. The summed E-state index contributed by atoms with van der Waals surface area (Å²) >= 11 is 0. The molecule has 0 N–H and O–H groups in total. The molecule has 0 bridgehead atoms. The van der Waals surface area contributed by atoms with Crippen LogP contribution in [0.25, 0.3) is 21.5 Å². The van der Waals surface area contributed by atoms with Gasteiger partial charge in [0.05, 0.1) is 0 Å². The van der Waals surface area contributed by atoms with Crippen molar-refractivity contribution < 1.29 is 9.47 Å². The van der Waals surface area contributed by atoms with Crippen LogP contribution in [0.5, 0.6) is 11.5 Å². The molecule has 0 fully saturated rings. The van der Waals surface area contributed by atoms with Gasteiger partial charge in [-0.2, -0.15) is 0 Å². The number of hydrogen-bond donors (Lipinski definition) is 0. The van der Waals surface area contributed by atoms with E-state index in [1.807, 2.05) is 62.4 Å². The van der Waals surface area contributed by atoms with Gasteiger partial charge in [-0.05, 0) is 22.9 Å². The smallest absolute Gasteiger partial charge is 0.245 e. The first-order valence-electron chi connectivity index (χ1n) is 8.46. The third kappa shape index (κ3) is 3.16. The van der Waals surface area contributed by atoms with Crippen molar-refractivity contribution in [1.82, 2.24) is 0 Å². The monoisotopic (exact) mass is 328 g/mol. The minimum absolute atomic E-state index is 0.797. The fourth-order valence-electron chi connectivity index (χ4n) is 3.12. The molecule has 0 aliphatic heterocycles. The maximum atomic E-state index is 6.25. The summed E-state index contributed by atoms with van der Waals surface area (Å²) < 4.78 is 12.5. The molecule has 0 atom stereocenters. The molecule has 0 amide bonds. The van der Waals surface area contributed by atoms with Crippen LogP contribution in [0.4, 0.5) is 0 Å². The fraction of sp³-hybridized carbons (Fsp3) is 0.130. The van der Waals surface area contributed by atoms with Gasteiger partial charge >= 0.3 is 0 Å². The lowest BCUT2D eigenvalue weighted by molar-refractivity contribution is -0.0790. The van der Waals surface area contributed by atoms with Crippen molar-refractivity contribution in [2.75, 3.05) is 0 Å². The van der Waals surface area contributed by atoms with Crippen molar-refractivity contribution in [2.45, 2.75) is 19.6 Å². The second-order valence-electron chi connectivity index (χ2n) is 6.56. The zero-order valence-electron chi connectivity index (χ0n) is 14.4. The molecule has 4 rings (SSSR count). The highest BCUT2D eigenvalue weighted by Gasteiger charge is 2.23. The van der Waals surface area contributed by atoms with Crippen LogP contribution < -0.4 is 9.47 Å². The first-order chi connectivity index (χ1) is 12.1. The van der Waals surface area contributed by atoms with E-state index in [4.69, 9.17) is 9.47 Å². The Morgan fingerprint density at radius 1 is 0.520 bits per heavy atom. The molecule has 0 aromatic heterocycles. The van der Waals surface area contributed by atoms with E-state index in [9.17, 15) is 0 Å². The van der Waals surface area contributed by atoms with Gasteiger partial charge in [0.15, 0.2) is 0 Å². The molecule has 0 aliphatic rings. The number of ether oxygens (including phenoxy) is 2. The van der Waals surface area contributed by atoms with Gasteiger partial charge in [-0.1, -0.05) is 72.8 Å². The van der Waals surface area contributed by atoms with E-state index >= 15 is 0 Å². The van der Waals surface area contributed by atoms with Crippen molar-refractivity contribution in [3.05, 3.63) is 84.9 Å². The summed E-state index contributed by atoms with van der Waals surface area (Å²) in [4.78, 5) is 0. The molecule has 0 unspecified atom stereocenters. The topological polar surface area (TPSA) is 18.5 Å². The van der Waals surface area contributed by atoms with Gasteiger partial charge in [0.2, 0.25) is 5.79 Å². The lowest BCUT2D eigenvalue weighted by Gasteiger charge is -2.28.